The molecule has 0 saturated heterocycles. The Kier molecular flexibility index (Phi) is 13.6. The minimum absolute atomic E-state index is 0.234. The molecule has 0 N–H and O–H groups in total. The van der Waals surface area contributed by atoms with Gasteiger partial charge in [0.25, 0.3) is 6.71 Å². The van der Waals surface area contributed by atoms with E-state index in [4.69, 9.17) is 0 Å². The van der Waals surface area contributed by atoms with Crippen LogP contribution in [0.5, 0.6) is 0 Å². The SMILES string of the molecule is CC(C)(C)c1cc(-c2ccccc2)c(N2c3ccc(-c4ccccc4)cc3B3c4cc(-c5ccccc5)ccc4N(c4c(-c5ccccc5)cc(C(C)(C)C)cc4-c4cc5c6ccccc6n6c7ccccc7c(c4)c56)c4cc(C(C)(C)C)cc2c43)c(-c2cc3c4ccccc4n4c5ccccc5c(c2)c34)c1. The summed E-state index contributed by atoms with van der Waals surface area (Å²) in [6, 6.07) is 121. The van der Waals surface area contributed by atoms with Gasteiger partial charge in [0.1, 0.15) is 0 Å². The van der Waals surface area contributed by atoms with E-state index in [0.29, 0.717) is 0 Å². The first-order chi connectivity index (χ1) is 52.0. The van der Waals surface area contributed by atoms with Crippen LogP contribution in [0.25, 0.3) is 143 Å². The molecule has 0 spiro atoms. The fourth-order valence-electron chi connectivity index (χ4n) is 18.5. The molecule has 0 atom stereocenters. The smallest absolute Gasteiger partial charge is 0.252 e. The van der Waals surface area contributed by atoms with E-state index in [2.05, 4.69) is 396 Å². The molecule has 2 aliphatic heterocycles. The van der Waals surface area contributed by atoms with E-state index in [1.165, 1.54) is 176 Å². The Hall–Kier alpha value is -12.4. The molecule has 4 aromatic heterocycles. The largest absolute Gasteiger partial charge is 0.310 e. The second-order valence-electron chi connectivity index (χ2n) is 33.2. The van der Waals surface area contributed by atoms with Crippen molar-refractivity contribution in [2.45, 2.75) is 78.6 Å². The monoisotopic (exact) mass is 1370 g/mol. The highest BCUT2D eigenvalue weighted by molar-refractivity contribution is 7.00. The van der Waals surface area contributed by atoms with E-state index >= 15 is 0 Å². The average Bonchev–Trinajstić information content (AvgIpc) is 0.780. The highest BCUT2D eigenvalue weighted by Gasteiger charge is 2.47. The van der Waals surface area contributed by atoms with Gasteiger partial charge in [0, 0.05) is 88.1 Å². The van der Waals surface area contributed by atoms with Crippen molar-refractivity contribution in [2.75, 3.05) is 9.80 Å². The molecule has 4 nitrogen and oxygen atoms in total. The molecule has 6 heterocycles. The number of anilines is 6. The number of benzene rings is 15. The van der Waals surface area contributed by atoms with Gasteiger partial charge in [-0.05, 0) is 191 Å². The number of nitrogens with zero attached hydrogens (tertiary/aromatic N) is 4. The van der Waals surface area contributed by atoms with Gasteiger partial charge in [0.05, 0.1) is 44.5 Å². The summed E-state index contributed by atoms with van der Waals surface area (Å²) in [6.45, 7) is 21.3. The Morgan fingerprint density at radius 3 is 0.822 bits per heavy atom. The average molecular weight is 1370 g/mol. The minimum Gasteiger partial charge on any atom is -0.310 e. The minimum atomic E-state index is -0.330. The first-order valence-corrected chi connectivity index (χ1v) is 38.0. The molecule has 19 aromatic rings. The van der Waals surface area contributed by atoms with Gasteiger partial charge in [-0.1, -0.05) is 281 Å². The first kappa shape index (κ1) is 63.1. The Morgan fingerprint density at radius 2 is 0.505 bits per heavy atom. The fourth-order valence-corrected chi connectivity index (χ4v) is 18.5. The van der Waals surface area contributed by atoms with Crippen LogP contribution in [-0.4, -0.2) is 15.5 Å². The maximum Gasteiger partial charge on any atom is 0.252 e. The van der Waals surface area contributed by atoms with Crippen LogP contribution >= 0.6 is 0 Å². The molecule has 510 valence electrons. The van der Waals surface area contributed by atoms with E-state index < -0.39 is 0 Å². The molecule has 107 heavy (non-hydrogen) atoms. The molecule has 2 aliphatic rings. The molecule has 5 heteroatoms. The lowest BCUT2D eigenvalue weighted by Gasteiger charge is -2.47. The molecule has 0 saturated carbocycles. The summed E-state index contributed by atoms with van der Waals surface area (Å²) in [7, 11) is 0. The lowest BCUT2D eigenvalue weighted by Crippen LogP contribution is -2.61. The Labute approximate surface area is 625 Å². The third-order valence-corrected chi connectivity index (χ3v) is 23.7. The van der Waals surface area contributed by atoms with Crippen molar-refractivity contribution in [1.82, 2.24) is 8.80 Å². The number of para-hydroxylation sites is 4. The van der Waals surface area contributed by atoms with Crippen molar-refractivity contribution in [3.63, 3.8) is 0 Å². The van der Waals surface area contributed by atoms with E-state index in [0.717, 1.165) is 33.9 Å². The molecule has 0 unspecified atom stereocenters. The summed E-state index contributed by atoms with van der Waals surface area (Å²) >= 11 is 0. The van der Waals surface area contributed by atoms with E-state index in [-0.39, 0.29) is 23.0 Å². The maximum absolute atomic E-state index is 2.76. The summed E-state index contributed by atoms with van der Waals surface area (Å²) in [4.78, 5) is 5.52. The second kappa shape index (κ2) is 23.0. The van der Waals surface area contributed by atoms with Gasteiger partial charge in [-0.15, -0.1) is 0 Å². The number of rotatable bonds is 8. The zero-order valence-electron chi connectivity index (χ0n) is 61.9. The van der Waals surface area contributed by atoms with Crippen LogP contribution in [0.3, 0.4) is 0 Å². The zero-order chi connectivity index (χ0) is 72.1. The van der Waals surface area contributed by atoms with Gasteiger partial charge in [-0.2, -0.15) is 0 Å². The predicted octanol–water partition coefficient (Wildman–Crippen LogP) is 26.0. The van der Waals surface area contributed by atoms with Crippen LogP contribution in [-0.2, 0) is 16.2 Å². The van der Waals surface area contributed by atoms with Crippen molar-refractivity contribution >= 4 is 133 Å². The third-order valence-electron chi connectivity index (χ3n) is 23.7. The Morgan fingerprint density at radius 1 is 0.224 bits per heavy atom. The summed E-state index contributed by atoms with van der Waals surface area (Å²) in [5.74, 6) is 0. The number of fused-ring (bicyclic) bond motifs is 16. The molecule has 0 fully saturated rings. The van der Waals surface area contributed by atoms with Gasteiger partial charge < -0.3 is 18.6 Å². The van der Waals surface area contributed by atoms with E-state index in [1.54, 1.807) is 0 Å². The topological polar surface area (TPSA) is 15.3 Å². The predicted molar refractivity (Wildman–Crippen MR) is 458 cm³/mol. The van der Waals surface area contributed by atoms with Gasteiger partial charge in [0.15, 0.2) is 0 Å². The van der Waals surface area contributed by atoms with Gasteiger partial charge in [0.2, 0.25) is 0 Å². The van der Waals surface area contributed by atoms with Crippen LogP contribution in [0.15, 0.2) is 315 Å². The van der Waals surface area contributed by atoms with E-state index in [9.17, 15) is 0 Å². The number of hydrogen-bond donors (Lipinski definition) is 0. The maximum atomic E-state index is 2.76. The van der Waals surface area contributed by atoms with Gasteiger partial charge in [-0.25, -0.2) is 0 Å². The standard InChI is InChI=1S/C102H79BN4/c1-100(2,3)70-56-77(64-34-18-12-19-35-64)96(79(58-70)68-50-81-73-38-22-26-42-87(73)104-88-43-27-23-39-74(88)82(51-68)98(81)104)106-91-48-46-66(62-30-14-10-15-31-62)54-85(91)103-86-55-67(63-32-16-11-17-33-63)47-49-92(86)107(94-61-72(102(7,8)9)60-93(106)95(94)103)97-78(65-36-20-13-21-37-65)57-71(101(4,5)6)59-80(97)69-52-83-75-40-24-28-44-89(75)105-90-45-29-25-41-76(90)84(53-69)99(83)105/h10-61H,1-9H3. The Bertz CT molecular complexity index is 6290. The molecule has 0 amide bonds. The number of hydrogen-bond acceptors (Lipinski definition) is 2. The molecule has 21 rings (SSSR count). The summed E-state index contributed by atoms with van der Waals surface area (Å²) in [5, 5.41) is 10.0. The van der Waals surface area contributed by atoms with Crippen LogP contribution in [0, 0.1) is 0 Å². The molecule has 15 aromatic carbocycles. The third kappa shape index (κ3) is 9.49. The highest BCUT2D eigenvalue weighted by atomic mass is 15.2. The lowest BCUT2D eigenvalue weighted by atomic mass is 9.33. The fraction of sp³-hybridized carbons (Fsp3) is 0.118. The highest BCUT2D eigenvalue weighted by Crippen LogP contribution is 2.57. The lowest BCUT2D eigenvalue weighted by molar-refractivity contribution is 0.590. The summed E-state index contributed by atoms with van der Waals surface area (Å²) in [6.07, 6.45) is 0. The van der Waals surface area contributed by atoms with Crippen molar-refractivity contribution < 1.29 is 0 Å². The quantitative estimate of drug-likeness (QED) is 0.141. The first-order valence-electron chi connectivity index (χ1n) is 38.0. The number of aromatic nitrogens is 2. The van der Waals surface area contributed by atoms with Crippen molar-refractivity contribution in [2.24, 2.45) is 0 Å². The van der Waals surface area contributed by atoms with Crippen molar-refractivity contribution in [3.8, 4) is 66.8 Å². The molecular formula is C102H79BN4. The second-order valence-corrected chi connectivity index (χ2v) is 33.2. The van der Waals surface area contributed by atoms with Crippen LogP contribution in [0.2, 0.25) is 0 Å². The van der Waals surface area contributed by atoms with Gasteiger partial charge >= 0.3 is 0 Å². The van der Waals surface area contributed by atoms with Crippen LogP contribution in [0.1, 0.15) is 79.0 Å². The Balaban J connectivity index is 0.946. The van der Waals surface area contributed by atoms with Gasteiger partial charge in [-0.3, -0.25) is 0 Å². The molecule has 0 aliphatic carbocycles. The normalized spacial score (nSPS) is 13.2. The van der Waals surface area contributed by atoms with Crippen molar-refractivity contribution in [3.05, 3.63) is 332 Å². The van der Waals surface area contributed by atoms with Crippen LogP contribution < -0.4 is 26.2 Å². The van der Waals surface area contributed by atoms with Crippen molar-refractivity contribution in [1.29, 1.82) is 0 Å². The molecule has 0 radical (unpaired) electrons. The zero-order valence-corrected chi connectivity index (χ0v) is 61.9. The molecule has 0 bridgehead atoms. The summed E-state index contributed by atoms with van der Waals surface area (Å²) in [5.41, 5.74) is 35.2. The molecular weight excluding hydrogens is 1290 g/mol. The van der Waals surface area contributed by atoms with Crippen LogP contribution in [0.4, 0.5) is 34.1 Å². The summed E-state index contributed by atoms with van der Waals surface area (Å²) < 4.78 is 5.03. The van der Waals surface area contributed by atoms with E-state index in [1.807, 2.05) is 0 Å².